The lowest BCUT2D eigenvalue weighted by Crippen LogP contribution is -2.53. The Morgan fingerprint density at radius 2 is 1.73 bits per heavy atom. The quantitative estimate of drug-likeness (QED) is 0.430. The first kappa shape index (κ1) is 21.2. The van der Waals surface area contributed by atoms with Gasteiger partial charge in [0.15, 0.2) is 11.6 Å². The van der Waals surface area contributed by atoms with Gasteiger partial charge in [-0.2, -0.15) is 0 Å². The summed E-state index contributed by atoms with van der Waals surface area (Å²) in [7, 11) is 0. The molecule has 10 heteroatoms. The van der Waals surface area contributed by atoms with Crippen LogP contribution in [0.1, 0.15) is 24.2 Å². The van der Waals surface area contributed by atoms with Crippen molar-refractivity contribution in [3.63, 3.8) is 0 Å². The van der Waals surface area contributed by atoms with Crippen molar-refractivity contribution in [2.45, 2.75) is 24.9 Å². The first-order valence-corrected chi connectivity index (χ1v) is 8.30. The van der Waals surface area contributed by atoms with Gasteiger partial charge >= 0.3 is 0 Å². The van der Waals surface area contributed by atoms with Gasteiger partial charge in [0, 0.05) is 22.2 Å². The maximum absolute atomic E-state index is 13.9. The summed E-state index contributed by atoms with van der Waals surface area (Å²) in [6.07, 6.45) is -2.96. The molecule has 0 fully saturated rings. The first-order chi connectivity index (χ1) is 11.9. The van der Waals surface area contributed by atoms with Crippen molar-refractivity contribution in [3.8, 4) is 0 Å². The van der Waals surface area contributed by atoms with Crippen LogP contribution in [0.2, 0.25) is 15.1 Å². The molecule has 142 valence electrons. The van der Waals surface area contributed by atoms with Crippen LogP contribution in [0.4, 0.5) is 13.2 Å². The molecule has 2 aromatic carbocycles. The third-order valence-corrected chi connectivity index (χ3v) is 4.68. The second-order valence-corrected chi connectivity index (χ2v) is 6.95. The SMILES string of the molecule is C[C@](O)(NC(N)[C@H](O)c1cc(Cl)cc(Cl)c1Cl)c1cc(F)cc(F)c1F. The van der Waals surface area contributed by atoms with Crippen LogP contribution in [0.25, 0.3) is 0 Å². The zero-order chi connectivity index (χ0) is 19.8. The summed E-state index contributed by atoms with van der Waals surface area (Å²) in [4.78, 5) is 0. The van der Waals surface area contributed by atoms with Crippen molar-refractivity contribution < 1.29 is 23.4 Å². The van der Waals surface area contributed by atoms with Gasteiger partial charge in [-0.25, -0.2) is 13.2 Å². The van der Waals surface area contributed by atoms with Gasteiger partial charge < -0.3 is 15.9 Å². The van der Waals surface area contributed by atoms with E-state index < -0.39 is 41.0 Å². The molecule has 0 aromatic heterocycles. The van der Waals surface area contributed by atoms with E-state index in [1.807, 2.05) is 0 Å². The van der Waals surface area contributed by atoms with Crippen molar-refractivity contribution in [1.82, 2.24) is 5.32 Å². The van der Waals surface area contributed by atoms with Gasteiger partial charge in [0.2, 0.25) is 0 Å². The number of hydrogen-bond donors (Lipinski definition) is 4. The van der Waals surface area contributed by atoms with Crippen molar-refractivity contribution in [2.24, 2.45) is 5.73 Å². The lowest BCUT2D eigenvalue weighted by atomic mass is 10.0. The third-order valence-electron chi connectivity index (χ3n) is 3.65. The van der Waals surface area contributed by atoms with Crippen molar-refractivity contribution >= 4 is 34.8 Å². The van der Waals surface area contributed by atoms with Gasteiger partial charge in [0.25, 0.3) is 0 Å². The maximum atomic E-state index is 13.9. The van der Waals surface area contributed by atoms with E-state index in [1.54, 1.807) is 0 Å². The average Bonchev–Trinajstić information content (AvgIpc) is 2.52. The van der Waals surface area contributed by atoms with Crippen LogP contribution >= 0.6 is 34.8 Å². The third kappa shape index (κ3) is 4.43. The van der Waals surface area contributed by atoms with E-state index in [4.69, 9.17) is 40.5 Å². The van der Waals surface area contributed by atoms with Gasteiger partial charge in [-0.05, 0) is 25.1 Å². The standard InChI is InChI=1S/C16H14Cl3F3N2O2/c1-16(26,9-4-7(20)5-11(21)13(9)22)24-15(23)14(25)8-2-6(17)3-10(18)12(8)19/h2-5,14-15,24-26H,23H2,1H3/t14-,15?,16-/m1/s1. The van der Waals surface area contributed by atoms with Crippen LogP contribution in [-0.4, -0.2) is 16.4 Å². The molecule has 1 unspecified atom stereocenters. The smallest absolute Gasteiger partial charge is 0.166 e. The van der Waals surface area contributed by atoms with E-state index in [0.29, 0.717) is 12.1 Å². The van der Waals surface area contributed by atoms with Gasteiger partial charge in [-0.15, -0.1) is 0 Å². The minimum absolute atomic E-state index is 0.0246. The zero-order valence-corrected chi connectivity index (χ0v) is 15.5. The monoisotopic (exact) mass is 428 g/mol. The second kappa shape index (κ2) is 7.90. The molecule has 2 rings (SSSR count). The summed E-state index contributed by atoms with van der Waals surface area (Å²) < 4.78 is 40.7. The highest BCUT2D eigenvalue weighted by Gasteiger charge is 2.33. The van der Waals surface area contributed by atoms with Gasteiger partial charge in [-0.1, -0.05) is 34.8 Å². The van der Waals surface area contributed by atoms with E-state index in [1.165, 1.54) is 12.1 Å². The van der Waals surface area contributed by atoms with E-state index in [0.717, 1.165) is 6.92 Å². The average molecular weight is 430 g/mol. The normalized spacial score (nSPS) is 16.2. The van der Waals surface area contributed by atoms with Crippen LogP contribution in [-0.2, 0) is 5.72 Å². The Morgan fingerprint density at radius 3 is 2.35 bits per heavy atom. The summed E-state index contributed by atoms with van der Waals surface area (Å²) in [5.74, 6) is -4.05. The second-order valence-electron chi connectivity index (χ2n) is 5.73. The summed E-state index contributed by atoms with van der Waals surface area (Å²) in [6, 6.07) is 3.59. The predicted molar refractivity (Wildman–Crippen MR) is 93.4 cm³/mol. The Bertz CT molecular complexity index is 837. The number of nitrogens with two attached hydrogens (primary N) is 1. The van der Waals surface area contributed by atoms with E-state index >= 15 is 0 Å². The minimum Gasteiger partial charge on any atom is -0.385 e. The number of nitrogens with one attached hydrogen (secondary N) is 1. The van der Waals surface area contributed by atoms with Gasteiger partial charge in [-0.3, -0.25) is 5.32 Å². The molecule has 0 amide bonds. The fraction of sp³-hybridized carbons (Fsp3) is 0.250. The molecular weight excluding hydrogens is 416 g/mol. The molecule has 0 spiro atoms. The first-order valence-electron chi connectivity index (χ1n) is 7.17. The highest BCUT2D eigenvalue weighted by Crippen LogP contribution is 2.34. The molecule has 0 aliphatic heterocycles. The number of halogens is 6. The van der Waals surface area contributed by atoms with Crippen LogP contribution in [0, 0.1) is 17.5 Å². The molecule has 4 nitrogen and oxygen atoms in total. The van der Waals surface area contributed by atoms with E-state index in [2.05, 4.69) is 5.32 Å². The molecule has 0 saturated heterocycles. The summed E-state index contributed by atoms with van der Waals surface area (Å²) >= 11 is 17.7. The Hall–Kier alpha value is -1.06. The number of benzene rings is 2. The minimum atomic E-state index is -2.32. The maximum Gasteiger partial charge on any atom is 0.166 e. The summed E-state index contributed by atoms with van der Waals surface area (Å²) in [5, 5.41) is 23.3. The lowest BCUT2D eigenvalue weighted by molar-refractivity contribution is -0.0181. The van der Waals surface area contributed by atoms with Gasteiger partial charge in [0.05, 0.1) is 16.2 Å². The van der Waals surface area contributed by atoms with Gasteiger partial charge in [0.1, 0.15) is 17.6 Å². The molecule has 3 atom stereocenters. The molecule has 26 heavy (non-hydrogen) atoms. The van der Waals surface area contributed by atoms with E-state index in [-0.39, 0.29) is 20.6 Å². The molecular formula is C16H14Cl3F3N2O2. The highest BCUT2D eigenvalue weighted by atomic mass is 35.5. The molecule has 0 heterocycles. The Kier molecular flexibility index (Phi) is 6.45. The van der Waals surface area contributed by atoms with Crippen LogP contribution in [0.5, 0.6) is 0 Å². The van der Waals surface area contributed by atoms with Crippen LogP contribution in [0.3, 0.4) is 0 Å². The fourth-order valence-corrected chi connectivity index (χ4v) is 3.11. The predicted octanol–water partition coefficient (Wildman–Crippen LogP) is 3.84. The van der Waals surface area contributed by atoms with Crippen molar-refractivity contribution in [1.29, 1.82) is 0 Å². The fourth-order valence-electron chi connectivity index (χ4n) is 2.38. The molecule has 0 aliphatic rings. The molecule has 5 N–H and O–H groups in total. The summed E-state index contributed by atoms with van der Waals surface area (Å²) in [6.45, 7) is 1.02. The zero-order valence-electron chi connectivity index (χ0n) is 13.2. The Morgan fingerprint density at radius 1 is 1.12 bits per heavy atom. The highest BCUT2D eigenvalue weighted by molar-refractivity contribution is 6.43. The van der Waals surface area contributed by atoms with Crippen LogP contribution < -0.4 is 11.1 Å². The van der Waals surface area contributed by atoms with Crippen LogP contribution in [0.15, 0.2) is 24.3 Å². The molecule has 0 saturated carbocycles. The number of aliphatic hydroxyl groups is 2. The largest absolute Gasteiger partial charge is 0.385 e. The molecule has 0 aliphatic carbocycles. The molecule has 2 aromatic rings. The van der Waals surface area contributed by atoms with Crippen molar-refractivity contribution in [3.05, 3.63) is 67.9 Å². The number of aliphatic hydroxyl groups excluding tert-OH is 1. The molecule has 0 bridgehead atoms. The topological polar surface area (TPSA) is 78.5 Å². The Labute approximate surface area is 162 Å². The number of hydrogen-bond acceptors (Lipinski definition) is 4. The van der Waals surface area contributed by atoms with Crippen molar-refractivity contribution in [2.75, 3.05) is 0 Å². The van der Waals surface area contributed by atoms with E-state index in [9.17, 15) is 23.4 Å². The number of rotatable bonds is 5. The molecule has 0 radical (unpaired) electrons. The Balaban J connectivity index is 2.32. The summed E-state index contributed by atoms with van der Waals surface area (Å²) in [5.41, 5.74) is 2.79. The lowest BCUT2D eigenvalue weighted by Gasteiger charge is -2.32.